The first-order chi connectivity index (χ1) is 11.4. The topological polar surface area (TPSA) is 9.23 Å². The van der Waals surface area contributed by atoms with Gasteiger partial charge in [0.15, 0.2) is 0 Å². The summed E-state index contributed by atoms with van der Waals surface area (Å²) < 4.78 is 6.13. The quantitative estimate of drug-likeness (QED) is 0.524. The molecule has 3 aromatic carbocycles. The molecule has 4 rings (SSSR count). The van der Waals surface area contributed by atoms with Crippen LogP contribution in [0.3, 0.4) is 0 Å². The van der Waals surface area contributed by atoms with Crippen LogP contribution in [0.4, 0.5) is 0 Å². The lowest BCUT2D eigenvalue weighted by Crippen LogP contribution is -2.05. The summed E-state index contributed by atoms with van der Waals surface area (Å²) in [7, 11) is 0. The van der Waals surface area contributed by atoms with E-state index in [4.69, 9.17) is 4.74 Å². The first kappa shape index (κ1) is 14.3. The van der Waals surface area contributed by atoms with Crippen LogP contribution in [0.1, 0.15) is 43.6 Å². The van der Waals surface area contributed by atoms with Crippen LogP contribution in [0.15, 0.2) is 66.7 Å². The van der Waals surface area contributed by atoms with Crippen LogP contribution in [0.25, 0.3) is 10.8 Å². The van der Waals surface area contributed by atoms with E-state index in [1.165, 1.54) is 48.4 Å². The second-order valence-electron chi connectivity index (χ2n) is 6.45. The van der Waals surface area contributed by atoms with Gasteiger partial charge in [0.1, 0.15) is 11.5 Å². The van der Waals surface area contributed by atoms with Crippen LogP contribution in [0, 0.1) is 0 Å². The molecule has 0 amide bonds. The predicted octanol–water partition coefficient (Wildman–Crippen LogP) is 6.68. The fourth-order valence-corrected chi connectivity index (χ4v) is 3.77. The zero-order chi connectivity index (χ0) is 15.5. The van der Waals surface area contributed by atoms with Crippen LogP contribution < -0.4 is 4.74 Å². The summed E-state index contributed by atoms with van der Waals surface area (Å²) >= 11 is 0. The maximum atomic E-state index is 6.13. The van der Waals surface area contributed by atoms with Crippen LogP contribution in [0.2, 0.25) is 0 Å². The van der Waals surface area contributed by atoms with Crippen molar-refractivity contribution < 1.29 is 4.74 Å². The highest BCUT2D eigenvalue weighted by molar-refractivity contribution is 5.91. The van der Waals surface area contributed by atoms with Gasteiger partial charge in [0, 0.05) is 5.39 Å². The van der Waals surface area contributed by atoms with E-state index in [9.17, 15) is 0 Å². The van der Waals surface area contributed by atoms with Crippen molar-refractivity contribution in [1.29, 1.82) is 0 Å². The molecular weight excluding hydrogens is 280 g/mol. The molecule has 1 heteroatoms. The number of benzene rings is 3. The molecule has 3 aromatic rings. The number of rotatable bonds is 3. The normalized spacial score (nSPS) is 15.7. The number of para-hydroxylation sites is 1. The van der Waals surface area contributed by atoms with E-state index < -0.39 is 0 Å². The summed E-state index contributed by atoms with van der Waals surface area (Å²) in [5.41, 5.74) is 1.50. The van der Waals surface area contributed by atoms with Gasteiger partial charge in [-0.1, -0.05) is 67.8 Å². The molecule has 1 nitrogen and oxygen atoms in total. The van der Waals surface area contributed by atoms with E-state index in [2.05, 4.69) is 36.4 Å². The van der Waals surface area contributed by atoms with E-state index in [0.717, 1.165) is 11.5 Å². The van der Waals surface area contributed by atoms with Crippen molar-refractivity contribution in [2.45, 2.75) is 38.0 Å². The van der Waals surface area contributed by atoms with E-state index >= 15 is 0 Å². The molecule has 116 valence electrons. The Kier molecular flexibility index (Phi) is 4.02. The van der Waals surface area contributed by atoms with Gasteiger partial charge >= 0.3 is 0 Å². The third-order valence-corrected chi connectivity index (χ3v) is 4.93. The average molecular weight is 302 g/mol. The molecule has 0 saturated heterocycles. The number of fused-ring (bicyclic) bond motifs is 1. The lowest BCUT2D eigenvalue weighted by molar-refractivity contribution is 0.445. The molecule has 0 radical (unpaired) electrons. The van der Waals surface area contributed by atoms with Gasteiger partial charge in [0.2, 0.25) is 0 Å². The maximum Gasteiger partial charge on any atom is 0.135 e. The summed E-state index contributed by atoms with van der Waals surface area (Å²) in [4.78, 5) is 0. The Balaban J connectivity index is 1.76. The molecule has 23 heavy (non-hydrogen) atoms. The average Bonchev–Trinajstić information content (AvgIpc) is 2.64. The van der Waals surface area contributed by atoms with Gasteiger partial charge < -0.3 is 4.74 Å². The Morgan fingerprint density at radius 2 is 1.35 bits per heavy atom. The molecule has 0 N–H and O–H groups in total. The Labute approximate surface area is 137 Å². The van der Waals surface area contributed by atoms with Crippen molar-refractivity contribution in [3.8, 4) is 11.5 Å². The molecule has 0 atom stereocenters. The summed E-state index contributed by atoms with van der Waals surface area (Å²) in [5, 5.41) is 2.58. The molecular formula is C22H22O. The molecule has 0 aliphatic heterocycles. The molecule has 0 aromatic heterocycles. The first-order valence-corrected chi connectivity index (χ1v) is 8.66. The SMILES string of the molecule is c1ccc(Oc2ccc(C3CCCCC3)c3ccccc23)cc1. The van der Waals surface area contributed by atoms with Gasteiger partial charge in [-0.2, -0.15) is 0 Å². The summed E-state index contributed by atoms with van der Waals surface area (Å²) in [5.74, 6) is 2.55. The molecule has 0 heterocycles. The van der Waals surface area contributed by atoms with Gasteiger partial charge in [-0.25, -0.2) is 0 Å². The maximum absolute atomic E-state index is 6.13. The first-order valence-electron chi connectivity index (χ1n) is 8.66. The van der Waals surface area contributed by atoms with Crippen LogP contribution in [-0.4, -0.2) is 0 Å². The van der Waals surface area contributed by atoms with E-state index in [1.54, 1.807) is 0 Å². The lowest BCUT2D eigenvalue weighted by Gasteiger charge is -2.24. The number of ether oxygens (including phenoxy) is 1. The fraction of sp³-hybridized carbons (Fsp3) is 0.273. The van der Waals surface area contributed by atoms with Crippen LogP contribution in [0.5, 0.6) is 11.5 Å². The Bertz CT molecular complexity index is 785. The Hall–Kier alpha value is -2.28. The monoisotopic (exact) mass is 302 g/mol. The van der Waals surface area contributed by atoms with E-state index in [0.29, 0.717) is 5.92 Å². The minimum absolute atomic E-state index is 0.708. The smallest absolute Gasteiger partial charge is 0.135 e. The minimum Gasteiger partial charge on any atom is -0.457 e. The van der Waals surface area contributed by atoms with E-state index in [-0.39, 0.29) is 0 Å². The van der Waals surface area contributed by atoms with Crippen molar-refractivity contribution in [1.82, 2.24) is 0 Å². The van der Waals surface area contributed by atoms with Crippen LogP contribution in [-0.2, 0) is 0 Å². The standard InChI is InChI=1S/C22H22O/c1-3-9-17(10-4-1)19-15-16-22(21-14-8-7-13-20(19)21)23-18-11-5-2-6-12-18/h2,5-8,11-17H,1,3-4,9-10H2. The minimum atomic E-state index is 0.708. The second-order valence-corrected chi connectivity index (χ2v) is 6.45. The fourth-order valence-electron chi connectivity index (χ4n) is 3.77. The van der Waals surface area contributed by atoms with Crippen LogP contribution >= 0.6 is 0 Å². The number of hydrogen-bond donors (Lipinski definition) is 0. The lowest BCUT2D eigenvalue weighted by atomic mass is 9.82. The van der Waals surface area contributed by atoms with Crippen molar-refractivity contribution in [3.05, 3.63) is 72.3 Å². The summed E-state index contributed by atoms with van der Waals surface area (Å²) in [6.45, 7) is 0. The molecule has 1 fully saturated rings. The third kappa shape index (κ3) is 2.96. The molecule has 0 bridgehead atoms. The zero-order valence-electron chi connectivity index (χ0n) is 13.4. The molecule has 0 unspecified atom stereocenters. The van der Waals surface area contributed by atoms with Crippen molar-refractivity contribution in [2.24, 2.45) is 0 Å². The molecule has 1 saturated carbocycles. The van der Waals surface area contributed by atoms with Crippen molar-refractivity contribution in [2.75, 3.05) is 0 Å². The highest BCUT2D eigenvalue weighted by Gasteiger charge is 2.18. The van der Waals surface area contributed by atoms with E-state index in [1.807, 2.05) is 30.3 Å². The number of hydrogen-bond acceptors (Lipinski definition) is 1. The molecule has 0 spiro atoms. The largest absolute Gasteiger partial charge is 0.457 e. The van der Waals surface area contributed by atoms with Crippen molar-refractivity contribution >= 4 is 10.8 Å². The van der Waals surface area contributed by atoms with Gasteiger partial charge in [0.25, 0.3) is 0 Å². The summed E-state index contributed by atoms with van der Waals surface area (Å²) in [6, 6.07) is 23.1. The summed E-state index contributed by atoms with van der Waals surface area (Å²) in [6.07, 6.45) is 6.76. The van der Waals surface area contributed by atoms with Gasteiger partial charge in [-0.05, 0) is 47.9 Å². The molecule has 1 aliphatic rings. The third-order valence-electron chi connectivity index (χ3n) is 4.93. The Morgan fingerprint density at radius 3 is 2.13 bits per heavy atom. The van der Waals surface area contributed by atoms with Gasteiger partial charge in [0.05, 0.1) is 0 Å². The van der Waals surface area contributed by atoms with Gasteiger partial charge in [-0.15, -0.1) is 0 Å². The van der Waals surface area contributed by atoms with Gasteiger partial charge in [-0.3, -0.25) is 0 Å². The Morgan fingerprint density at radius 1 is 0.652 bits per heavy atom. The predicted molar refractivity (Wildman–Crippen MR) is 96.3 cm³/mol. The molecule has 1 aliphatic carbocycles. The van der Waals surface area contributed by atoms with Crippen molar-refractivity contribution in [3.63, 3.8) is 0 Å². The highest BCUT2D eigenvalue weighted by atomic mass is 16.5. The zero-order valence-corrected chi connectivity index (χ0v) is 13.4. The second kappa shape index (κ2) is 6.45. The highest BCUT2D eigenvalue weighted by Crippen LogP contribution is 2.39.